The molecule has 686 valence electrons. The molecule has 0 saturated heterocycles. The van der Waals surface area contributed by atoms with Gasteiger partial charge < -0.3 is 34.2 Å². The summed E-state index contributed by atoms with van der Waals surface area (Å²) in [6.45, 7) is 2.31. The molecule has 0 aromatic heterocycles. The second kappa shape index (κ2) is 93.0. The van der Waals surface area contributed by atoms with Crippen LogP contribution < -0.4 is 0 Å². The number of unbranched alkanes of at least 4 members (excludes halogenated alkanes) is 28. The molecule has 4 N–H and O–H groups in total. The maximum atomic E-state index is 13.1. The second-order valence-corrected chi connectivity index (χ2v) is 33.6. The third-order valence-electron chi connectivity index (χ3n) is 19.2. The Balaban J connectivity index is 4.62. The zero-order chi connectivity index (χ0) is 87.9. The normalized spacial score (nSPS) is 14.7. The van der Waals surface area contributed by atoms with Gasteiger partial charge >= 0.3 is 33.6 Å². The molecular formula is C103H168O16P2. The number of aliphatic hydroxyl groups is 2. The molecular weight excluding hydrogens is 1560 g/mol. The van der Waals surface area contributed by atoms with E-state index >= 15 is 0 Å². The number of phosphoric acid groups is 2. The molecule has 5 unspecified atom stereocenters. The number of allylic oxidation sites excluding steroid dienone is 36. The Morgan fingerprint density at radius 2 is 0.413 bits per heavy atom. The fourth-order valence-corrected chi connectivity index (χ4v) is 13.8. The van der Waals surface area contributed by atoms with Crippen molar-refractivity contribution in [3.8, 4) is 0 Å². The van der Waals surface area contributed by atoms with Gasteiger partial charge in [-0.05, 0) is 173 Å². The number of hydrogen-bond acceptors (Lipinski definition) is 14. The zero-order valence-corrected chi connectivity index (χ0v) is 77.4. The smallest absolute Gasteiger partial charge is 0.463 e. The van der Waals surface area contributed by atoms with E-state index in [1.54, 1.807) is 0 Å². The molecule has 5 atom stereocenters. The van der Waals surface area contributed by atoms with Gasteiger partial charge in [0.1, 0.15) is 25.4 Å². The molecule has 18 heteroatoms. The van der Waals surface area contributed by atoms with Gasteiger partial charge in [0.2, 0.25) is 0 Å². The average molecular weight is 1720 g/mol. The van der Waals surface area contributed by atoms with Crippen molar-refractivity contribution in [2.75, 3.05) is 39.6 Å². The van der Waals surface area contributed by atoms with Crippen molar-refractivity contribution in [2.45, 2.75) is 373 Å². The third-order valence-corrected chi connectivity index (χ3v) is 21.1. The van der Waals surface area contributed by atoms with Crippen LogP contribution in [0.2, 0.25) is 0 Å². The molecule has 0 aliphatic heterocycles. The van der Waals surface area contributed by atoms with E-state index in [0.717, 1.165) is 205 Å². The van der Waals surface area contributed by atoms with Gasteiger partial charge in [0.05, 0.1) is 26.4 Å². The molecule has 0 radical (unpaired) electrons. The number of rotatable bonds is 87. The summed E-state index contributed by atoms with van der Waals surface area (Å²) in [7, 11) is -9.84. The summed E-state index contributed by atoms with van der Waals surface area (Å²) >= 11 is 0. The average Bonchev–Trinajstić information content (AvgIpc) is 0.870. The minimum atomic E-state index is -4.96. The monoisotopic (exact) mass is 1720 g/mol. The van der Waals surface area contributed by atoms with Crippen LogP contribution in [0.3, 0.4) is 0 Å². The maximum Gasteiger partial charge on any atom is 0.472 e. The van der Waals surface area contributed by atoms with Crippen LogP contribution in [0.1, 0.15) is 355 Å². The fourth-order valence-electron chi connectivity index (χ4n) is 12.2. The first-order valence-electron chi connectivity index (χ1n) is 47.0. The lowest BCUT2D eigenvalue weighted by atomic mass is 10.0. The minimum Gasteiger partial charge on any atom is -0.463 e. The van der Waals surface area contributed by atoms with Crippen molar-refractivity contribution in [3.63, 3.8) is 0 Å². The largest absolute Gasteiger partial charge is 0.472 e. The van der Waals surface area contributed by atoms with E-state index in [2.05, 4.69) is 240 Å². The predicted molar refractivity (Wildman–Crippen MR) is 509 cm³/mol. The standard InChI is InChI=1S/C103H168O16P2/c1-4-7-10-13-16-19-22-25-28-31-34-37-40-42-44-45-46-47-48-49-50-51-53-55-57-59-62-65-68-71-74-77-80-83-86-89-101(106)113-92-98(104)93-115-120(109,110)116-94-99(105)95-117-121(111,112)118-97-100(119-103(108)91-88-85-82-79-76-73-70-67-64-61-56-39-36-33-30-27-24-21-18-15-12-9-6-3)96-114-102(107)90-87-84-81-78-75-72-69-66-63-60-58-54-52-43-41-38-35-32-29-26-23-20-17-14-11-8-5-2/h7-12,16-21,25-30,34-39,42-44,46-47,52,58,60-61,64,70,73,98-100,104-105H,4-6,13-15,22-24,31-33,40-41,45,48-51,53-57,59,62-63,65-69,71-72,74-97H2,1-3H3,(H,109,110)(H,111,112)/b10-7-,11-8-,12-9-,19-16-,20-17-,21-18-,28-25-,29-26-,30-27-,37-34-,38-35-,39-36-,44-42-,47-46-,52-43-,60-58-,64-61-,73-70-. The summed E-state index contributed by atoms with van der Waals surface area (Å²) in [5.41, 5.74) is 0. The number of esters is 3. The van der Waals surface area contributed by atoms with Gasteiger partial charge in [0.25, 0.3) is 0 Å². The van der Waals surface area contributed by atoms with Crippen LogP contribution in [-0.2, 0) is 55.8 Å². The second-order valence-electron chi connectivity index (χ2n) is 30.7. The van der Waals surface area contributed by atoms with E-state index in [-0.39, 0.29) is 19.3 Å². The lowest BCUT2D eigenvalue weighted by molar-refractivity contribution is -0.161. The highest BCUT2D eigenvalue weighted by Crippen LogP contribution is 2.45. The molecule has 0 heterocycles. The van der Waals surface area contributed by atoms with Crippen LogP contribution >= 0.6 is 15.6 Å². The molecule has 0 aliphatic rings. The molecule has 0 amide bonds. The number of ether oxygens (including phenoxy) is 3. The first-order valence-corrected chi connectivity index (χ1v) is 50.0. The van der Waals surface area contributed by atoms with Crippen LogP contribution in [0, 0.1) is 0 Å². The van der Waals surface area contributed by atoms with Crippen LogP contribution in [0.15, 0.2) is 219 Å². The summed E-state index contributed by atoms with van der Waals surface area (Å²) in [6.07, 6.45) is 127. The molecule has 0 aliphatic carbocycles. The molecule has 121 heavy (non-hydrogen) atoms. The van der Waals surface area contributed by atoms with Crippen LogP contribution in [0.4, 0.5) is 0 Å². The van der Waals surface area contributed by atoms with Crippen LogP contribution in [0.25, 0.3) is 0 Å². The van der Waals surface area contributed by atoms with Gasteiger partial charge in [-0.3, -0.25) is 32.5 Å². The van der Waals surface area contributed by atoms with Crippen molar-refractivity contribution in [1.29, 1.82) is 0 Å². The van der Waals surface area contributed by atoms with Crippen LogP contribution in [-0.4, -0.2) is 95.9 Å². The minimum absolute atomic E-state index is 0.0645. The number of aliphatic hydroxyl groups excluding tert-OH is 2. The zero-order valence-electron chi connectivity index (χ0n) is 75.6. The quantitative estimate of drug-likeness (QED) is 0.0146. The van der Waals surface area contributed by atoms with E-state index < -0.39 is 91.5 Å². The van der Waals surface area contributed by atoms with Gasteiger partial charge in [-0.25, -0.2) is 9.13 Å². The molecule has 0 bridgehead atoms. The Morgan fingerprint density at radius 3 is 0.653 bits per heavy atom. The summed E-state index contributed by atoms with van der Waals surface area (Å²) in [4.78, 5) is 59.0. The molecule has 0 saturated carbocycles. The Labute approximate surface area is 736 Å². The molecule has 0 aromatic carbocycles. The predicted octanol–water partition coefficient (Wildman–Crippen LogP) is 29.3. The van der Waals surface area contributed by atoms with E-state index in [1.165, 1.54) is 89.9 Å². The summed E-state index contributed by atoms with van der Waals surface area (Å²) in [5.74, 6) is -1.62. The highest BCUT2D eigenvalue weighted by atomic mass is 31.2. The highest BCUT2D eigenvalue weighted by Gasteiger charge is 2.29. The molecule has 0 spiro atoms. The Morgan fingerprint density at radius 1 is 0.231 bits per heavy atom. The number of carbonyl (C=O) groups excluding carboxylic acids is 3. The number of hydrogen-bond donors (Lipinski definition) is 4. The van der Waals surface area contributed by atoms with E-state index in [0.29, 0.717) is 19.3 Å². The lowest BCUT2D eigenvalue weighted by Crippen LogP contribution is -2.30. The molecule has 0 fully saturated rings. The topological polar surface area (TPSA) is 231 Å². The molecule has 0 aromatic rings. The summed E-state index contributed by atoms with van der Waals surface area (Å²) in [5, 5.41) is 20.8. The molecule has 16 nitrogen and oxygen atoms in total. The summed E-state index contributed by atoms with van der Waals surface area (Å²) < 4.78 is 61.5. The number of phosphoric ester groups is 2. The van der Waals surface area contributed by atoms with Crippen molar-refractivity contribution >= 4 is 33.6 Å². The fraction of sp³-hybridized carbons (Fsp3) is 0.621. The SMILES string of the molecule is CC/C=C\C/C=C\C/C=C\C/C=C\C/C=C\C/C=C\CCCCCCCCCCCCCCCCCCC(=O)OCC(O)COP(=O)(O)OCC(O)COP(=O)(O)OCC(COC(=O)CCCCCCCCCC/C=C\C/C=C\C/C=C\C/C=C\C/C=C\C/C=C\CC)OC(=O)CCCCCC/C=C\C/C=C\C/C=C\C/C=C\C/C=C\C/C=C\CC. The first kappa shape index (κ1) is 115. The maximum absolute atomic E-state index is 13.1. The van der Waals surface area contributed by atoms with Gasteiger partial charge in [-0.2, -0.15) is 0 Å². The van der Waals surface area contributed by atoms with Crippen molar-refractivity contribution < 1.29 is 75.8 Å². The lowest BCUT2D eigenvalue weighted by Gasteiger charge is -2.21. The van der Waals surface area contributed by atoms with Crippen molar-refractivity contribution in [3.05, 3.63) is 219 Å². The van der Waals surface area contributed by atoms with Gasteiger partial charge in [0.15, 0.2) is 6.10 Å². The Bertz CT molecular complexity index is 3080. The van der Waals surface area contributed by atoms with Crippen molar-refractivity contribution in [2.24, 2.45) is 0 Å². The van der Waals surface area contributed by atoms with Gasteiger partial charge in [-0.1, -0.05) is 381 Å². The van der Waals surface area contributed by atoms with Gasteiger partial charge in [-0.15, -0.1) is 0 Å². The van der Waals surface area contributed by atoms with E-state index in [4.69, 9.17) is 32.3 Å². The Kier molecular flexibility index (Phi) is 88.3. The van der Waals surface area contributed by atoms with Crippen LogP contribution in [0.5, 0.6) is 0 Å². The first-order chi connectivity index (χ1) is 59.2. The highest BCUT2D eigenvalue weighted by molar-refractivity contribution is 7.47. The van der Waals surface area contributed by atoms with Crippen molar-refractivity contribution in [1.82, 2.24) is 0 Å². The third kappa shape index (κ3) is 94.4. The van der Waals surface area contributed by atoms with E-state index in [9.17, 15) is 43.5 Å². The summed E-state index contributed by atoms with van der Waals surface area (Å²) in [6, 6.07) is 0. The number of carbonyl (C=O) groups is 3. The van der Waals surface area contributed by atoms with E-state index in [1.807, 2.05) is 0 Å². The Hall–Kier alpha value is -6.13. The van der Waals surface area contributed by atoms with Gasteiger partial charge in [0, 0.05) is 19.3 Å². The molecule has 0 rings (SSSR count).